The lowest BCUT2D eigenvalue weighted by Gasteiger charge is -2.12. The number of nitrogens with zero attached hydrogens (tertiary/aromatic N) is 2. The molecule has 7 heteroatoms. The van der Waals surface area contributed by atoms with Crippen molar-refractivity contribution in [2.24, 2.45) is 0 Å². The van der Waals surface area contributed by atoms with Gasteiger partial charge in [-0.05, 0) is 45.0 Å². The maximum atomic E-state index is 11.9. The normalized spacial score (nSPS) is 13.4. The van der Waals surface area contributed by atoms with Gasteiger partial charge in [-0.15, -0.1) is 23.2 Å². The largest absolute Gasteiger partial charge is 0.325 e. The monoisotopic (exact) mass is 353 g/mol. The number of ketones is 1. The van der Waals surface area contributed by atoms with Crippen molar-refractivity contribution >= 4 is 40.6 Å². The van der Waals surface area contributed by atoms with E-state index in [4.69, 9.17) is 23.2 Å². The molecule has 0 saturated carbocycles. The van der Waals surface area contributed by atoms with E-state index in [-0.39, 0.29) is 11.7 Å². The van der Waals surface area contributed by atoms with Crippen LogP contribution in [-0.4, -0.2) is 32.2 Å². The van der Waals surface area contributed by atoms with Gasteiger partial charge >= 0.3 is 0 Å². The van der Waals surface area contributed by atoms with E-state index in [2.05, 4.69) is 10.4 Å². The molecule has 2 unspecified atom stereocenters. The predicted octanol–water partition coefficient (Wildman–Crippen LogP) is 3.56. The van der Waals surface area contributed by atoms with Gasteiger partial charge in [0, 0.05) is 5.69 Å². The van der Waals surface area contributed by atoms with Gasteiger partial charge in [-0.2, -0.15) is 5.10 Å². The summed E-state index contributed by atoms with van der Waals surface area (Å²) in [5.41, 5.74) is 2.76. The third-order valence-electron chi connectivity index (χ3n) is 3.42. The Balaban J connectivity index is 2.17. The van der Waals surface area contributed by atoms with Gasteiger partial charge in [-0.3, -0.25) is 9.59 Å². The second-order valence-corrected chi connectivity index (χ2v) is 6.39. The Labute approximate surface area is 144 Å². The molecule has 0 bridgehead atoms. The number of carbonyl (C=O) groups excluding carboxylic acids is 2. The second kappa shape index (κ2) is 7.15. The summed E-state index contributed by atoms with van der Waals surface area (Å²) < 4.78 is 1.67. The van der Waals surface area contributed by atoms with E-state index in [0.29, 0.717) is 11.3 Å². The fourth-order valence-corrected chi connectivity index (χ4v) is 2.29. The maximum absolute atomic E-state index is 11.9. The van der Waals surface area contributed by atoms with Crippen molar-refractivity contribution in [1.29, 1.82) is 0 Å². The summed E-state index contributed by atoms with van der Waals surface area (Å²) >= 11 is 11.7. The zero-order valence-electron chi connectivity index (χ0n) is 13.0. The fraction of sp³-hybridized carbons (Fsp3) is 0.312. The van der Waals surface area contributed by atoms with Crippen molar-refractivity contribution in [3.63, 3.8) is 0 Å². The lowest BCUT2D eigenvalue weighted by molar-refractivity contribution is -0.115. The van der Waals surface area contributed by atoms with Crippen LogP contribution in [0, 0.1) is 6.92 Å². The lowest BCUT2D eigenvalue weighted by atomic mass is 10.2. The molecule has 0 fully saturated rings. The van der Waals surface area contributed by atoms with Crippen LogP contribution in [0.25, 0.3) is 5.69 Å². The number of halogens is 2. The number of hydrogen-bond acceptors (Lipinski definition) is 3. The van der Waals surface area contributed by atoms with Gasteiger partial charge in [0.15, 0.2) is 5.78 Å². The van der Waals surface area contributed by atoms with Crippen LogP contribution < -0.4 is 5.32 Å². The van der Waals surface area contributed by atoms with Crippen molar-refractivity contribution in [3.8, 4) is 5.69 Å². The Morgan fingerprint density at radius 2 is 1.83 bits per heavy atom. The first kappa shape index (κ1) is 17.5. The Morgan fingerprint density at radius 1 is 1.22 bits per heavy atom. The third-order valence-corrected chi connectivity index (χ3v) is 4.38. The first-order chi connectivity index (χ1) is 10.8. The zero-order chi connectivity index (χ0) is 17.1. The van der Waals surface area contributed by atoms with E-state index >= 15 is 0 Å². The van der Waals surface area contributed by atoms with Gasteiger partial charge in [0.05, 0.1) is 28.5 Å². The van der Waals surface area contributed by atoms with Crippen LogP contribution in [0.3, 0.4) is 0 Å². The Bertz CT molecular complexity index is 723. The third kappa shape index (κ3) is 3.92. The number of anilines is 1. The number of hydrogen-bond donors (Lipinski definition) is 1. The molecular formula is C16H17Cl2N3O2. The van der Waals surface area contributed by atoms with Crippen molar-refractivity contribution < 1.29 is 9.59 Å². The van der Waals surface area contributed by atoms with Crippen LogP contribution in [0.4, 0.5) is 5.69 Å². The van der Waals surface area contributed by atoms with Crippen molar-refractivity contribution in [2.75, 3.05) is 5.32 Å². The summed E-state index contributed by atoms with van der Waals surface area (Å²) in [6.45, 7) is 5.00. The smallest absolute Gasteiger partial charge is 0.243 e. The standard InChI is InChI=1S/C16H17Cl2N3O2/c1-9(17)15(18)16(23)20-12-4-6-13(7-5-12)21-10(2)14(8-19-21)11(3)22/h4-9,15H,1-3H3,(H,20,23). The van der Waals surface area contributed by atoms with Gasteiger partial charge < -0.3 is 5.32 Å². The molecule has 1 aromatic heterocycles. The van der Waals surface area contributed by atoms with Crippen LogP contribution in [0.1, 0.15) is 29.9 Å². The van der Waals surface area contributed by atoms with Crippen molar-refractivity contribution in [1.82, 2.24) is 9.78 Å². The number of carbonyl (C=O) groups is 2. The molecule has 23 heavy (non-hydrogen) atoms. The molecule has 1 heterocycles. The summed E-state index contributed by atoms with van der Waals surface area (Å²) in [7, 11) is 0. The first-order valence-corrected chi connectivity index (χ1v) is 7.93. The molecule has 0 aliphatic heterocycles. The highest BCUT2D eigenvalue weighted by Crippen LogP contribution is 2.18. The van der Waals surface area contributed by atoms with Crippen LogP contribution in [0.5, 0.6) is 0 Å². The summed E-state index contributed by atoms with van der Waals surface area (Å²) in [5.74, 6) is -0.378. The molecule has 2 rings (SSSR count). The summed E-state index contributed by atoms with van der Waals surface area (Å²) in [6, 6.07) is 7.08. The molecule has 0 saturated heterocycles. The Kier molecular flexibility index (Phi) is 5.44. The lowest BCUT2D eigenvalue weighted by Crippen LogP contribution is -2.29. The number of nitrogens with one attached hydrogen (secondary N) is 1. The SMILES string of the molecule is CC(=O)c1cnn(-c2ccc(NC(=O)C(Cl)C(C)Cl)cc2)c1C. The molecule has 5 nitrogen and oxygen atoms in total. The van der Waals surface area contributed by atoms with Crippen molar-refractivity contribution in [3.05, 3.63) is 41.7 Å². The number of rotatable bonds is 5. The number of benzene rings is 1. The van der Waals surface area contributed by atoms with Gasteiger partial charge in [0.1, 0.15) is 5.38 Å². The predicted molar refractivity (Wildman–Crippen MR) is 91.9 cm³/mol. The average molecular weight is 354 g/mol. The highest BCUT2D eigenvalue weighted by atomic mass is 35.5. The van der Waals surface area contributed by atoms with Gasteiger partial charge in [-0.1, -0.05) is 0 Å². The fourth-order valence-electron chi connectivity index (χ4n) is 2.12. The molecule has 0 radical (unpaired) electrons. The van der Waals surface area contributed by atoms with E-state index in [0.717, 1.165) is 11.4 Å². The van der Waals surface area contributed by atoms with E-state index in [1.807, 2.05) is 6.92 Å². The van der Waals surface area contributed by atoms with Gasteiger partial charge in [0.25, 0.3) is 0 Å². The minimum absolute atomic E-state index is 0.0269. The number of alkyl halides is 2. The van der Waals surface area contributed by atoms with E-state index < -0.39 is 10.8 Å². The molecule has 2 aromatic rings. The Hall–Kier alpha value is -1.85. The zero-order valence-corrected chi connectivity index (χ0v) is 14.5. The molecule has 122 valence electrons. The van der Waals surface area contributed by atoms with E-state index in [1.165, 1.54) is 6.92 Å². The number of aromatic nitrogens is 2. The quantitative estimate of drug-likeness (QED) is 0.660. The summed E-state index contributed by atoms with van der Waals surface area (Å²) in [6.07, 6.45) is 1.55. The topological polar surface area (TPSA) is 64.0 Å². The maximum Gasteiger partial charge on any atom is 0.243 e. The van der Waals surface area contributed by atoms with Crippen LogP contribution in [0.15, 0.2) is 30.5 Å². The Morgan fingerprint density at radius 3 is 2.30 bits per heavy atom. The van der Waals surface area contributed by atoms with Crippen LogP contribution in [-0.2, 0) is 4.79 Å². The van der Waals surface area contributed by atoms with Gasteiger partial charge in [-0.25, -0.2) is 4.68 Å². The molecule has 1 N–H and O–H groups in total. The molecule has 0 aliphatic carbocycles. The molecule has 1 aromatic carbocycles. The number of Topliss-reactive ketones (excluding diaryl/α,β-unsaturated/α-hetero) is 1. The average Bonchev–Trinajstić information content (AvgIpc) is 2.89. The molecule has 2 atom stereocenters. The highest BCUT2D eigenvalue weighted by molar-refractivity contribution is 6.38. The van der Waals surface area contributed by atoms with Crippen molar-refractivity contribution in [2.45, 2.75) is 31.5 Å². The molecule has 0 spiro atoms. The highest BCUT2D eigenvalue weighted by Gasteiger charge is 2.20. The van der Waals surface area contributed by atoms with Gasteiger partial charge in [0.2, 0.25) is 5.91 Å². The van der Waals surface area contributed by atoms with E-state index in [9.17, 15) is 9.59 Å². The molecular weight excluding hydrogens is 337 g/mol. The van der Waals surface area contributed by atoms with E-state index in [1.54, 1.807) is 42.1 Å². The van der Waals surface area contributed by atoms with Crippen LogP contribution in [0.2, 0.25) is 0 Å². The first-order valence-electron chi connectivity index (χ1n) is 7.06. The second-order valence-electron chi connectivity index (χ2n) is 5.23. The molecule has 1 amide bonds. The van der Waals surface area contributed by atoms with Crippen LogP contribution >= 0.6 is 23.2 Å². The molecule has 0 aliphatic rings. The minimum atomic E-state index is -0.803. The summed E-state index contributed by atoms with van der Waals surface area (Å²) in [5, 5.41) is 5.65. The summed E-state index contributed by atoms with van der Waals surface area (Å²) in [4.78, 5) is 23.3. The minimum Gasteiger partial charge on any atom is -0.325 e. The number of amides is 1.